The Balaban J connectivity index is 1.64. The third-order valence-corrected chi connectivity index (χ3v) is 6.74. The Kier molecular flexibility index (Phi) is 7.23. The van der Waals surface area contributed by atoms with Crippen LogP contribution in [0.15, 0.2) is 53.4 Å². The van der Waals surface area contributed by atoms with Gasteiger partial charge < -0.3 is 9.47 Å². The fourth-order valence-electron chi connectivity index (χ4n) is 3.24. The maximum absolute atomic E-state index is 12.8. The van der Waals surface area contributed by atoms with Gasteiger partial charge in [0.1, 0.15) is 5.75 Å². The fourth-order valence-corrected chi connectivity index (χ4v) is 4.80. The average Bonchev–Trinajstić information content (AvgIpc) is 2.78. The molecule has 0 atom stereocenters. The predicted molar refractivity (Wildman–Crippen MR) is 111 cm³/mol. The standard InChI is InChI=1S/C22H25NO6S/c1-2-28-19-11-9-17(10-12-19)21(24)16-29-22(25)18-7-6-8-20(15-18)30(26,27)23-13-4-3-5-14-23/h6-12,15H,2-5,13-14,16H2,1H3. The van der Waals surface area contributed by atoms with Crippen molar-refractivity contribution < 1.29 is 27.5 Å². The first-order chi connectivity index (χ1) is 14.4. The fraction of sp³-hybridized carbons (Fsp3) is 0.364. The number of Topliss-reactive ketones (excluding diaryl/α,β-unsaturated/α-hetero) is 1. The molecule has 0 amide bonds. The third kappa shape index (κ3) is 5.25. The number of nitrogens with zero attached hydrogens (tertiary/aromatic N) is 1. The normalized spacial score (nSPS) is 14.8. The highest BCUT2D eigenvalue weighted by Crippen LogP contribution is 2.21. The third-order valence-electron chi connectivity index (χ3n) is 4.84. The summed E-state index contributed by atoms with van der Waals surface area (Å²) in [5.41, 5.74) is 0.486. The van der Waals surface area contributed by atoms with E-state index in [2.05, 4.69) is 0 Å². The number of benzene rings is 2. The minimum Gasteiger partial charge on any atom is -0.494 e. The van der Waals surface area contributed by atoms with Gasteiger partial charge in [-0.1, -0.05) is 12.5 Å². The molecule has 2 aromatic rings. The lowest BCUT2D eigenvalue weighted by Crippen LogP contribution is -2.35. The van der Waals surface area contributed by atoms with E-state index in [1.807, 2.05) is 6.92 Å². The van der Waals surface area contributed by atoms with E-state index in [1.165, 1.54) is 28.6 Å². The van der Waals surface area contributed by atoms with Gasteiger partial charge in [0.05, 0.1) is 17.1 Å². The van der Waals surface area contributed by atoms with E-state index in [-0.39, 0.29) is 16.2 Å². The molecule has 8 heteroatoms. The Morgan fingerprint density at radius 1 is 0.967 bits per heavy atom. The highest BCUT2D eigenvalue weighted by atomic mass is 32.2. The lowest BCUT2D eigenvalue weighted by atomic mass is 10.1. The van der Waals surface area contributed by atoms with Crippen molar-refractivity contribution in [2.75, 3.05) is 26.3 Å². The quantitative estimate of drug-likeness (QED) is 0.471. The van der Waals surface area contributed by atoms with E-state index in [9.17, 15) is 18.0 Å². The van der Waals surface area contributed by atoms with Gasteiger partial charge in [-0.2, -0.15) is 4.31 Å². The van der Waals surface area contributed by atoms with Crippen LogP contribution in [0.4, 0.5) is 0 Å². The molecule has 160 valence electrons. The molecule has 2 aromatic carbocycles. The Morgan fingerprint density at radius 2 is 1.67 bits per heavy atom. The summed E-state index contributed by atoms with van der Waals surface area (Å²) in [5.74, 6) is -0.453. The summed E-state index contributed by atoms with van der Waals surface area (Å²) in [5, 5.41) is 0. The van der Waals surface area contributed by atoms with Crippen molar-refractivity contribution in [1.82, 2.24) is 4.31 Å². The molecular weight excluding hydrogens is 406 g/mol. The second-order valence-electron chi connectivity index (χ2n) is 6.95. The van der Waals surface area contributed by atoms with Crippen LogP contribution >= 0.6 is 0 Å². The molecule has 0 unspecified atom stereocenters. The topological polar surface area (TPSA) is 90.0 Å². The average molecular weight is 432 g/mol. The summed E-state index contributed by atoms with van der Waals surface area (Å²) >= 11 is 0. The zero-order valence-electron chi connectivity index (χ0n) is 16.9. The van der Waals surface area contributed by atoms with E-state index < -0.39 is 22.6 Å². The Morgan fingerprint density at radius 3 is 2.33 bits per heavy atom. The van der Waals surface area contributed by atoms with Crippen molar-refractivity contribution in [2.24, 2.45) is 0 Å². The van der Waals surface area contributed by atoms with Crippen molar-refractivity contribution in [3.05, 3.63) is 59.7 Å². The molecule has 30 heavy (non-hydrogen) atoms. The lowest BCUT2D eigenvalue weighted by Gasteiger charge is -2.25. The van der Waals surface area contributed by atoms with Crippen molar-refractivity contribution in [3.63, 3.8) is 0 Å². The number of ether oxygens (including phenoxy) is 2. The van der Waals surface area contributed by atoms with Gasteiger partial charge in [-0.15, -0.1) is 0 Å². The maximum Gasteiger partial charge on any atom is 0.338 e. The van der Waals surface area contributed by atoms with Crippen molar-refractivity contribution in [1.29, 1.82) is 0 Å². The molecule has 1 fully saturated rings. The van der Waals surface area contributed by atoms with E-state index >= 15 is 0 Å². The largest absolute Gasteiger partial charge is 0.494 e. The number of hydrogen-bond acceptors (Lipinski definition) is 6. The first kappa shape index (κ1) is 22.0. The molecule has 0 radical (unpaired) electrons. The predicted octanol–water partition coefficient (Wildman–Crippen LogP) is 3.30. The molecule has 0 aliphatic carbocycles. The summed E-state index contributed by atoms with van der Waals surface area (Å²) in [6.45, 7) is 2.92. The number of esters is 1. The van der Waals surface area contributed by atoms with E-state index in [0.29, 0.717) is 31.0 Å². The molecule has 0 aromatic heterocycles. The van der Waals surface area contributed by atoms with E-state index in [4.69, 9.17) is 9.47 Å². The van der Waals surface area contributed by atoms with E-state index in [0.717, 1.165) is 19.3 Å². The van der Waals surface area contributed by atoms with Crippen LogP contribution in [0.25, 0.3) is 0 Å². The Labute approximate surface area is 176 Å². The lowest BCUT2D eigenvalue weighted by molar-refractivity contribution is 0.0474. The van der Waals surface area contributed by atoms with Gasteiger partial charge in [-0.05, 0) is 62.2 Å². The molecule has 1 heterocycles. The van der Waals surface area contributed by atoms with Gasteiger partial charge >= 0.3 is 5.97 Å². The van der Waals surface area contributed by atoms with Crippen LogP contribution in [0.2, 0.25) is 0 Å². The molecular formula is C22H25NO6S. The smallest absolute Gasteiger partial charge is 0.338 e. The van der Waals surface area contributed by atoms with Gasteiger partial charge in [0, 0.05) is 18.7 Å². The Bertz CT molecular complexity index is 995. The monoisotopic (exact) mass is 431 g/mol. The number of sulfonamides is 1. The Hall–Kier alpha value is -2.71. The van der Waals surface area contributed by atoms with Gasteiger partial charge in [0.2, 0.25) is 10.0 Å². The van der Waals surface area contributed by atoms with Crippen molar-refractivity contribution in [3.8, 4) is 5.75 Å². The molecule has 7 nitrogen and oxygen atoms in total. The van der Waals surface area contributed by atoms with Crippen molar-refractivity contribution >= 4 is 21.8 Å². The molecule has 0 spiro atoms. The number of carbonyl (C=O) groups excluding carboxylic acids is 2. The van der Waals surface area contributed by atoms with Gasteiger partial charge in [0.25, 0.3) is 0 Å². The summed E-state index contributed by atoms with van der Waals surface area (Å²) < 4.78 is 37.5. The molecule has 1 aliphatic rings. The number of carbonyl (C=O) groups is 2. The molecule has 0 saturated carbocycles. The van der Waals surface area contributed by atoms with E-state index in [1.54, 1.807) is 24.3 Å². The van der Waals surface area contributed by atoms with Crippen LogP contribution in [0.5, 0.6) is 5.75 Å². The number of hydrogen-bond donors (Lipinski definition) is 0. The molecule has 1 aliphatic heterocycles. The zero-order valence-corrected chi connectivity index (χ0v) is 17.7. The van der Waals surface area contributed by atoms with Gasteiger partial charge in [-0.25, -0.2) is 13.2 Å². The summed E-state index contributed by atoms with van der Waals surface area (Å²) in [4.78, 5) is 24.7. The first-order valence-corrected chi connectivity index (χ1v) is 11.4. The maximum atomic E-state index is 12.8. The zero-order chi connectivity index (χ0) is 21.6. The molecule has 0 N–H and O–H groups in total. The second kappa shape index (κ2) is 9.86. The van der Waals surface area contributed by atoms with Crippen LogP contribution in [-0.2, 0) is 14.8 Å². The number of piperidine rings is 1. The first-order valence-electron chi connectivity index (χ1n) is 9.95. The van der Waals surface area contributed by atoms with Crippen LogP contribution < -0.4 is 4.74 Å². The highest BCUT2D eigenvalue weighted by Gasteiger charge is 2.26. The van der Waals surface area contributed by atoms with Crippen LogP contribution in [-0.4, -0.2) is 50.8 Å². The van der Waals surface area contributed by atoms with Crippen LogP contribution in [0, 0.1) is 0 Å². The second-order valence-corrected chi connectivity index (χ2v) is 8.89. The van der Waals surface area contributed by atoms with Gasteiger partial charge in [-0.3, -0.25) is 4.79 Å². The molecule has 3 rings (SSSR count). The summed E-state index contributed by atoms with van der Waals surface area (Å²) in [6, 6.07) is 12.3. The molecule has 1 saturated heterocycles. The highest BCUT2D eigenvalue weighted by molar-refractivity contribution is 7.89. The summed E-state index contributed by atoms with van der Waals surface area (Å²) in [6.07, 6.45) is 2.67. The molecule has 0 bridgehead atoms. The van der Waals surface area contributed by atoms with Crippen molar-refractivity contribution in [2.45, 2.75) is 31.1 Å². The number of rotatable bonds is 8. The minimum absolute atomic E-state index is 0.0525. The van der Waals surface area contributed by atoms with Crippen LogP contribution in [0.1, 0.15) is 46.9 Å². The SMILES string of the molecule is CCOc1ccc(C(=O)COC(=O)c2cccc(S(=O)(=O)N3CCCCC3)c2)cc1. The van der Waals surface area contributed by atoms with Gasteiger partial charge in [0.15, 0.2) is 12.4 Å². The summed E-state index contributed by atoms with van der Waals surface area (Å²) in [7, 11) is -3.65. The minimum atomic E-state index is -3.65. The van der Waals surface area contributed by atoms with Crippen LogP contribution in [0.3, 0.4) is 0 Å². The number of ketones is 1.